The highest BCUT2D eigenvalue weighted by Gasteiger charge is 2.30. The number of anilines is 1. The van der Waals surface area contributed by atoms with E-state index >= 15 is 0 Å². The van der Waals surface area contributed by atoms with Gasteiger partial charge in [0.05, 0.1) is 5.56 Å². The van der Waals surface area contributed by atoms with Gasteiger partial charge >= 0.3 is 6.18 Å². The minimum Gasteiger partial charge on any atom is -0.370 e. The first-order valence-electron chi connectivity index (χ1n) is 8.52. The fraction of sp³-hybridized carbons (Fsp3) is 0.500. The Morgan fingerprint density at radius 1 is 1.19 bits per heavy atom. The van der Waals surface area contributed by atoms with Crippen molar-refractivity contribution in [3.63, 3.8) is 0 Å². The van der Waals surface area contributed by atoms with Crippen molar-refractivity contribution in [2.24, 2.45) is 12.0 Å². The summed E-state index contributed by atoms with van der Waals surface area (Å²) in [6.45, 7) is 4.29. The molecule has 0 aliphatic heterocycles. The van der Waals surface area contributed by atoms with Gasteiger partial charge < -0.3 is 16.0 Å². The predicted octanol–water partition coefficient (Wildman–Crippen LogP) is 1.79. The van der Waals surface area contributed by atoms with E-state index in [1.165, 1.54) is 12.4 Å². The summed E-state index contributed by atoms with van der Waals surface area (Å²) in [5.74, 6) is 1.82. The number of aromatic nitrogens is 4. The molecule has 0 amide bonds. The molecule has 0 bridgehead atoms. The molecule has 27 heavy (non-hydrogen) atoms. The van der Waals surface area contributed by atoms with Gasteiger partial charge in [0.25, 0.3) is 0 Å². The maximum atomic E-state index is 12.5. The van der Waals surface area contributed by atoms with Gasteiger partial charge in [-0.15, -0.1) is 0 Å². The number of pyridine rings is 1. The lowest BCUT2D eigenvalue weighted by Crippen LogP contribution is -2.38. The molecule has 0 aliphatic carbocycles. The van der Waals surface area contributed by atoms with Crippen LogP contribution in [0.5, 0.6) is 0 Å². The van der Waals surface area contributed by atoms with Crippen LogP contribution < -0.4 is 16.0 Å². The van der Waals surface area contributed by atoms with Crippen molar-refractivity contribution in [2.75, 3.05) is 25.0 Å². The van der Waals surface area contributed by atoms with Crippen molar-refractivity contribution in [3.05, 3.63) is 36.0 Å². The first-order valence-corrected chi connectivity index (χ1v) is 8.52. The molecule has 0 radical (unpaired) electrons. The minimum absolute atomic E-state index is 0.402. The average Bonchev–Trinajstić information content (AvgIpc) is 3.04. The third-order valence-electron chi connectivity index (χ3n) is 3.57. The van der Waals surface area contributed by atoms with Crippen LogP contribution in [-0.4, -0.2) is 45.3 Å². The van der Waals surface area contributed by atoms with Crippen LogP contribution in [0.3, 0.4) is 0 Å². The Labute approximate surface area is 155 Å². The fourth-order valence-corrected chi connectivity index (χ4v) is 2.13. The number of nitrogens with one attached hydrogen (secondary N) is 3. The zero-order valence-electron chi connectivity index (χ0n) is 15.2. The molecule has 0 atom stereocenters. The predicted molar refractivity (Wildman–Crippen MR) is 96.2 cm³/mol. The molecule has 8 nitrogen and oxygen atoms in total. The number of halogens is 3. The maximum Gasteiger partial charge on any atom is 0.417 e. The van der Waals surface area contributed by atoms with E-state index in [0.29, 0.717) is 31.4 Å². The smallest absolute Gasteiger partial charge is 0.370 e. The number of nitrogens with zero attached hydrogens (tertiary/aromatic N) is 5. The molecule has 0 aromatic carbocycles. The molecule has 0 saturated heterocycles. The number of rotatable bonds is 8. The summed E-state index contributed by atoms with van der Waals surface area (Å²) in [5.41, 5.74) is -0.760. The summed E-state index contributed by atoms with van der Waals surface area (Å²) in [4.78, 5) is 12.3. The average molecular weight is 384 g/mol. The number of alkyl halides is 3. The topological polar surface area (TPSA) is 92.0 Å². The molecular formula is C16H23F3N8. The molecule has 2 aromatic rings. The molecule has 2 heterocycles. The summed E-state index contributed by atoms with van der Waals surface area (Å²) in [6, 6.07) is 2.33. The SMILES string of the molecule is CCNC(=NCc1ncnn1C)NCCCNc1ccc(C(F)(F)F)cn1. The number of hydrogen-bond donors (Lipinski definition) is 3. The minimum atomic E-state index is -4.37. The van der Waals surface area contributed by atoms with Crippen LogP contribution in [-0.2, 0) is 19.8 Å². The van der Waals surface area contributed by atoms with Crippen molar-refractivity contribution in [2.45, 2.75) is 26.1 Å². The Morgan fingerprint density at radius 3 is 2.59 bits per heavy atom. The van der Waals surface area contributed by atoms with Gasteiger partial charge in [-0.2, -0.15) is 18.3 Å². The molecule has 0 spiro atoms. The van der Waals surface area contributed by atoms with E-state index in [-0.39, 0.29) is 0 Å². The molecule has 0 saturated carbocycles. The Balaban J connectivity index is 1.73. The molecular weight excluding hydrogens is 361 g/mol. The monoisotopic (exact) mass is 384 g/mol. The van der Waals surface area contributed by atoms with E-state index in [2.05, 4.69) is 36.0 Å². The molecule has 0 aliphatic rings. The van der Waals surface area contributed by atoms with Crippen LogP contribution in [0.15, 0.2) is 29.6 Å². The van der Waals surface area contributed by atoms with Gasteiger partial charge in [0.1, 0.15) is 24.5 Å². The Kier molecular flexibility index (Phi) is 7.38. The van der Waals surface area contributed by atoms with Gasteiger partial charge in [-0.1, -0.05) is 0 Å². The highest BCUT2D eigenvalue weighted by atomic mass is 19.4. The third-order valence-corrected chi connectivity index (χ3v) is 3.57. The van der Waals surface area contributed by atoms with E-state index in [9.17, 15) is 13.2 Å². The second-order valence-corrected chi connectivity index (χ2v) is 5.63. The van der Waals surface area contributed by atoms with Crippen LogP contribution in [0.2, 0.25) is 0 Å². The lowest BCUT2D eigenvalue weighted by molar-refractivity contribution is -0.137. The Hall–Kier alpha value is -2.85. The van der Waals surface area contributed by atoms with Crippen LogP contribution >= 0.6 is 0 Å². The number of aryl methyl sites for hydroxylation is 1. The lowest BCUT2D eigenvalue weighted by atomic mass is 10.3. The van der Waals surface area contributed by atoms with Crippen molar-refractivity contribution < 1.29 is 13.2 Å². The summed E-state index contributed by atoms with van der Waals surface area (Å²) in [5, 5.41) is 13.3. The second kappa shape index (κ2) is 9.74. The first-order chi connectivity index (χ1) is 12.9. The number of hydrogen-bond acceptors (Lipinski definition) is 5. The third kappa shape index (κ3) is 6.76. The first kappa shape index (κ1) is 20.5. The van der Waals surface area contributed by atoms with Crippen molar-refractivity contribution >= 4 is 11.8 Å². The van der Waals surface area contributed by atoms with Crippen LogP contribution in [0, 0.1) is 0 Å². The van der Waals surface area contributed by atoms with Gasteiger partial charge in [-0.3, -0.25) is 4.68 Å². The highest BCUT2D eigenvalue weighted by molar-refractivity contribution is 5.79. The normalized spacial score (nSPS) is 12.1. The van der Waals surface area contributed by atoms with Gasteiger partial charge in [0.15, 0.2) is 5.96 Å². The lowest BCUT2D eigenvalue weighted by Gasteiger charge is -2.12. The van der Waals surface area contributed by atoms with E-state index in [1.54, 1.807) is 11.7 Å². The molecule has 148 valence electrons. The van der Waals surface area contributed by atoms with Gasteiger partial charge in [-0.05, 0) is 25.5 Å². The molecule has 2 rings (SSSR count). The summed E-state index contributed by atoms with van der Waals surface area (Å²) in [6.07, 6.45) is -1.34. The van der Waals surface area contributed by atoms with Gasteiger partial charge in [-0.25, -0.2) is 15.0 Å². The quantitative estimate of drug-likeness (QED) is 0.365. The van der Waals surface area contributed by atoms with E-state index in [0.717, 1.165) is 31.1 Å². The zero-order valence-corrected chi connectivity index (χ0v) is 15.2. The van der Waals surface area contributed by atoms with Crippen LogP contribution in [0.25, 0.3) is 0 Å². The fourth-order valence-electron chi connectivity index (χ4n) is 2.13. The van der Waals surface area contributed by atoms with Crippen LogP contribution in [0.4, 0.5) is 19.0 Å². The summed E-state index contributed by atoms with van der Waals surface area (Å²) in [7, 11) is 1.80. The second-order valence-electron chi connectivity index (χ2n) is 5.63. The molecule has 3 N–H and O–H groups in total. The summed E-state index contributed by atoms with van der Waals surface area (Å²) >= 11 is 0. The van der Waals surface area contributed by atoms with Gasteiger partial charge in [0.2, 0.25) is 0 Å². The standard InChI is InChI=1S/C16H23F3N8/c1-3-20-15(24-10-14-25-11-26-27(14)2)22-8-4-7-21-13-6-5-12(9-23-13)16(17,18)19/h5-6,9,11H,3-4,7-8,10H2,1-2H3,(H,21,23)(H2,20,22,24). The van der Waals surface area contributed by atoms with Crippen molar-refractivity contribution in [1.82, 2.24) is 30.4 Å². The highest BCUT2D eigenvalue weighted by Crippen LogP contribution is 2.28. The van der Waals surface area contributed by atoms with E-state index in [1.807, 2.05) is 6.92 Å². The molecule has 0 fully saturated rings. The summed E-state index contributed by atoms with van der Waals surface area (Å²) < 4.78 is 39.1. The Bertz CT molecular complexity index is 724. The van der Waals surface area contributed by atoms with Crippen molar-refractivity contribution in [1.29, 1.82) is 0 Å². The van der Waals surface area contributed by atoms with E-state index < -0.39 is 11.7 Å². The van der Waals surface area contributed by atoms with Crippen LogP contribution in [0.1, 0.15) is 24.7 Å². The maximum absolute atomic E-state index is 12.5. The van der Waals surface area contributed by atoms with E-state index in [4.69, 9.17) is 0 Å². The molecule has 11 heteroatoms. The molecule has 2 aromatic heterocycles. The van der Waals surface area contributed by atoms with Crippen molar-refractivity contribution in [3.8, 4) is 0 Å². The number of aliphatic imine (C=N–C) groups is 1. The molecule has 0 unspecified atom stereocenters. The zero-order chi connectivity index (χ0) is 19.7. The Morgan fingerprint density at radius 2 is 2.00 bits per heavy atom. The largest absolute Gasteiger partial charge is 0.417 e. The number of guanidine groups is 1. The van der Waals surface area contributed by atoms with Gasteiger partial charge in [0, 0.05) is 32.9 Å².